The quantitative estimate of drug-likeness (QED) is 0.456. The van der Waals surface area contributed by atoms with E-state index in [1.807, 2.05) is 0 Å². The van der Waals surface area contributed by atoms with Gasteiger partial charge in [-0.2, -0.15) is 0 Å². The van der Waals surface area contributed by atoms with Gasteiger partial charge < -0.3 is 15.6 Å². The van der Waals surface area contributed by atoms with Crippen LogP contribution in [0.5, 0.6) is 0 Å². The Morgan fingerprint density at radius 1 is 1.46 bits per heavy atom. The fourth-order valence-electron chi connectivity index (χ4n) is 0.614. The third-order valence-corrected chi connectivity index (χ3v) is 1.44. The second-order valence-corrected chi connectivity index (χ2v) is 3.02. The second kappa shape index (κ2) is 5.66. The molecular weight excluding hydrogens is 174 g/mol. The van der Waals surface area contributed by atoms with Crippen molar-refractivity contribution in [2.45, 2.75) is 26.4 Å². The largest absolute Gasteiger partial charge is 0.391 e. The van der Waals surface area contributed by atoms with Crippen molar-refractivity contribution in [2.24, 2.45) is 11.7 Å². The summed E-state index contributed by atoms with van der Waals surface area (Å²) in [6, 6.07) is 0. The number of hydrogen-bond acceptors (Lipinski definition) is 5. The zero-order valence-corrected chi connectivity index (χ0v) is 7.82. The smallest absolute Gasteiger partial charge is 0.342 e. The molecule has 0 aromatic heterocycles. The normalized spacial score (nSPS) is 12.7. The van der Waals surface area contributed by atoms with Crippen LogP contribution in [0.15, 0.2) is 0 Å². The molecule has 0 amide bonds. The summed E-state index contributed by atoms with van der Waals surface area (Å²) in [5.74, 6) is -1.88. The summed E-state index contributed by atoms with van der Waals surface area (Å²) < 4.78 is 4.31. The maximum absolute atomic E-state index is 10.9. The minimum atomic E-state index is -1.25. The Balaban J connectivity index is 3.93. The fourth-order valence-corrected chi connectivity index (χ4v) is 0.614. The van der Waals surface area contributed by atoms with E-state index in [1.54, 1.807) is 13.8 Å². The number of carbonyl (C=O) groups is 2. The molecule has 5 heteroatoms. The highest BCUT2D eigenvalue weighted by Crippen LogP contribution is 2.03. The van der Waals surface area contributed by atoms with Gasteiger partial charge in [0.25, 0.3) is 0 Å². The van der Waals surface area contributed by atoms with E-state index in [0.717, 1.165) is 0 Å². The lowest BCUT2D eigenvalue weighted by Gasteiger charge is -2.11. The molecule has 0 radical (unpaired) electrons. The van der Waals surface area contributed by atoms with Crippen LogP contribution < -0.4 is 5.73 Å². The average Bonchev–Trinajstić information content (AvgIpc) is 2.03. The van der Waals surface area contributed by atoms with Crippen LogP contribution in [0.4, 0.5) is 0 Å². The maximum atomic E-state index is 10.9. The molecule has 3 N–H and O–H groups in total. The molecule has 0 heterocycles. The third-order valence-electron chi connectivity index (χ3n) is 1.44. The molecule has 0 aromatic carbocycles. The Kier molecular flexibility index (Phi) is 5.25. The van der Waals surface area contributed by atoms with E-state index >= 15 is 0 Å². The van der Waals surface area contributed by atoms with Crippen molar-refractivity contribution in [3.8, 4) is 0 Å². The van der Waals surface area contributed by atoms with Crippen molar-refractivity contribution in [1.82, 2.24) is 0 Å². The lowest BCUT2D eigenvalue weighted by molar-refractivity contribution is -0.167. The summed E-state index contributed by atoms with van der Waals surface area (Å²) in [5, 5.41) is 9.15. The van der Waals surface area contributed by atoms with Crippen LogP contribution in [0.1, 0.15) is 20.3 Å². The van der Waals surface area contributed by atoms with Crippen LogP contribution in [0.25, 0.3) is 0 Å². The molecule has 0 saturated heterocycles. The van der Waals surface area contributed by atoms with Crippen molar-refractivity contribution in [3.63, 3.8) is 0 Å². The van der Waals surface area contributed by atoms with Gasteiger partial charge in [0.05, 0.1) is 6.42 Å². The predicted molar refractivity (Wildman–Crippen MR) is 45.6 cm³/mol. The van der Waals surface area contributed by atoms with Gasteiger partial charge in [-0.25, -0.2) is 4.79 Å². The van der Waals surface area contributed by atoms with Crippen molar-refractivity contribution in [3.05, 3.63) is 0 Å². The third kappa shape index (κ3) is 4.59. The summed E-state index contributed by atoms with van der Waals surface area (Å²) in [7, 11) is 0. The lowest BCUT2D eigenvalue weighted by atomic mass is 10.1. The van der Waals surface area contributed by atoms with Gasteiger partial charge in [-0.3, -0.25) is 4.79 Å². The summed E-state index contributed by atoms with van der Waals surface area (Å²) in [6.45, 7) is 3.43. The van der Waals surface area contributed by atoms with Gasteiger partial charge in [0.2, 0.25) is 0 Å². The molecule has 0 bridgehead atoms. The predicted octanol–water partition coefficient (Wildman–Crippen LogP) is -0.578. The number of ether oxygens (including phenoxy) is 1. The Bertz CT molecular complexity index is 191. The molecule has 5 nitrogen and oxygen atoms in total. The molecule has 0 spiro atoms. The number of aliphatic hydroxyl groups excluding tert-OH is 1. The van der Waals surface area contributed by atoms with Gasteiger partial charge >= 0.3 is 11.9 Å². The van der Waals surface area contributed by atoms with Crippen molar-refractivity contribution >= 4 is 11.9 Å². The first kappa shape index (κ1) is 12.1. The number of aliphatic hydroxyl groups is 1. The highest BCUT2D eigenvalue weighted by molar-refractivity contribution is 5.87. The van der Waals surface area contributed by atoms with Gasteiger partial charge in [-0.05, 0) is 5.92 Å². The van der Waals surface area contributed by atoms with Crippen LogP contribution in [-0.2, 0) is 14.3 Å². The van der Waals surface area contributed by atoms with Crippen LogP contribution >= 0.6 is 0 Å². The first-order valence-electron chi connectivity index (χ1n) is 4.11. The Hall–Kier alpha value is -0.940. The Morgan fingerprint density at radius 3 is 2.38 bits per heavy atom. The van der Waals surface area contributed by atoms with Gasteiger partial charge in [0, 0.05) is 6.54 Å². The summed E-state index contributed by atoms with van der Waals surface area (Å²) in [5.41, 5.74) is 5.07. The van der Waals surface area contributed by atoms with Gasteiger partial charge in [0.15, 0.2) is 6.10 Å². The average molecular weight is 189 g/mol. The van der Waals surface area contributed by atoms with Crippen molar-refractivity contribution in [1.29, 1.82) is 0 Å². The van der Waals surface area contributed by atoms with Gasteiger partial charge in [-0.15, -0.1) is 0 Å². The number of nitrogens with two attached hydrogens (primary N) is 1. The summed E-state index contributed by atoms with van der Waals surface area (Å²) in [4.78, 5) is 21.7. The minimum absolute atomic E-state index is 0.0173. The van der Waals surface area contributed by atoms with Gasteiger partial charge in [0.1, 0.15) is 0 Å². The molecule has 1 atom stereocenters. The summed E-state index contributed by atoms with van der Waals surface area (Å²) >= 11 is 0. The Morgan fingerprint density at radius 2 is 2.00 bits per heavy atom. The molecule has 0 saturated carbocycles. The first-order chi connectivity index (χ1) is 5.99. The fraction of sp³-hybridized carbons (Fsp3) is 0.750. The van der Waals surface area contributed by atoms with E-state index in [1.165, 1.54) is 0 Å². The van der Waals surface area contributed by atoms with Crippen molar-refractivity contribution in [2.75, 3.05) is 6.54 Å². The number of hydrogen-bond donors (Lipinski definition) is 2. The highest BCUT2D eigenvalue weighted by atomic mass is 16.6. The standard InChI is InChI=1S/C8H15NO4/c1-5(2)7(11)8(12)13-6(10)3-4-9/h5,7,11H,3-4,9H2,1-2H3. The van der Waals surface area contributed by atoms with E-state index in [2.05, 4.69) is 4.74 Å². The van der Waals surface area contributed by atoms with Crippen molar-refractivity contribution < 1.29 is 19.4 Å². The molecule has 0 aliphatic heterocycles. The maximum Gasteiger partial charge on any atom is 0.342 e. The van der Waals surface area contributed by atoms with Crippen LogP contribution in [0.2, 0.25) is 0 Å². The molecule has 0 rings (SSSR count). The Labute approximate surface area is 76.9 Å². The summed E-state index contributed by atoms with van der Waals surface area (Å²) in [6.07, 6.45) is -1.27. The molecule has 0 fully saturated rings. The molecule has 0 aliphatic carbocycles. The molecule has 0 aliphatic rings. The zero-order valence-electron chi connectivity index (χ0n) is 7.82. The molecule has 13 heavy (non-hydrogen) atoms. The van der Waals surface area contributed by atoms with E-state index in [-0.39, 0.29) is 18.9 Å². The SMILES string of the molecule is CC(C)C(O)C(=O)OC(=O)CCN. The van der Waals surface area contributed by atoms with Crippen LogP contribution in [-0.4, -0.2) is 29.7 Å². The van der Waals surface area contributed by atoms with Crippen LogP contribution in [0.3, 0.4) is 0 Å². The highest BCUT2D eigenvalue weighted by Gasteiger charge is 2.22. The molecule has 76 valence electrons. The molecular formula is C8H15NO4. The van der Waals surface area contributed by atoms with E-state index in [0.29, 0.717) is 0 Å². The molecule has 0 aromatic rings. The molecule has 1 unspecified atom stereocenters. The topological polar surface area (TPSA) is 89.6 Å². The van der Waals surface area contributed by atoms with Gasteiger partial charge in [-0.1, -0.05) is 13.8 Å². The lowest BCUT2D eigenvalue weighted by Crippen LogP contribution is -2.30. The number of rotatable bonds is 4. The number of esters is 2. The van der Waals surface area contributed by atoms with Crippen LogP contribution in [0, 0.1) is 5.92 Å². The number of carbonyl (C=O) groups excluding carboxylic acids is 2. The van der Waals surface area contributed by atoms with E-state index in [9.17, 15) is 9.59 Å². The second-order valence-electron chi connectivity index (χ2n) is 3.02. The zero-order chi connectivity index (χ0) is 10.4. The minimum Gasteiger partial charge on any atom is -0.391 e. The monoisotopic (exact) mass is 189 g/mol. The van der Waals surface area contributed by atoms with E-state index in [4.69, 9.17) is 10.8 Å². The van der Waals surface area contributed by atoms with E-state index < -0.39 is 18.0 Å². The first-order valence-corrected chi connectivity index (χ1v) is 4.11.